The molecule has 0 fully saturated rings. The van der Waals surface area contributed by atoms with E-state index in [0.717, 1.165) is 38.4 Å². The van der Waals surface area contributed by atoms with Gasteiger partial charge in [-0.1, -0.05) is 24.4 Å². The standard InChI is InChI=1S/C20H17BrN2O3S/c1-3-25-16-6-4-5-11-9-13-19(26-17(11)16)22-18(23-20(13)27)12-7-8-15(24-2)14(21)10-12/h4-8,10H,3,9H2,1-2H3,(H,22,23,27). The molecule has 138 valence electrons. The van der Waals surface area contributed by atoms with Gasteiger partial charge in [0.25, 0.3) is 0 Å². The van der Waals surface area contributed by atoms with Crippen LogP contribution in [0.25, 0.3) is 11.4 Å². The van der Waals surface area contributed by atoms with Gasteiger partial charge in [-0.2, -0.15) is 0 Å². The van der Waals surface area contributed by atoms with E-state index in [1.165, 1.54) is 0 Å². The third kappa shape index (κ3) is 3.33. The Hall–Kier alpha value is -2.38. The number of aromatic amines is 1. The van der Waals surface area contributed by atoms with Crippen molar-refractivity contribution >= 4 is 28.1 Å². The van der Waals surface area contributed by atoms with Crippen molar-refractivity contribution in [3.05, 3.63) is 56.6 Å². The van der Waals surface area contributed by atoms with Gasteiger partial charge in [0.1, 0.15) is 16.2 Å². The van der Waals surface area contributed by atoms with Crippen molar-refractivity contribution in [1.29, 1.82) is 0 Å². The zero-order valence-electron chi connectivity index (χ0n) is 14.8. The van der Waals surface area contributed by atoms with Crippen LogP contribution in [0, 0.1) is 4.64 Å². The minimum Gasteiger partial charge on any atom is -0.496 e. The van der Waals surface area contributed by atoms with Gasteiger partial charge in [0.15, 0.2) is 11.5 Å². The molecule has 0 spiro atoms. The van der Waals surface area contributed by atoms with Crippen molar-refractivity contribution in [2.45, 2.75) is 13.3 Å². The molecule has 0 amide bonds. The van der Waals surface area contributed by atoms with Crippen LogP contribution >= 0.6 is 28.1 Å². The van der Waals surface area contributed by atoms with Crippen LogP contribution < -0.4 is 14.2 Å². The van der Waals surface area contributed by atoms with Crippen LogP contribution in [0.1, 0.15) is 18.1 Å². The minimum atomic E-state index is 0.526. The van der Waals surface area contributed by atoms with Crippen molar-refractivity contribution in [2.75, 3.05) is 13.7 Å². The minimum absolute atomic E-state index is 0.526. The molecule has 0 aliphatic carbocycles. The van der Waals surface area contributed by atoms with Crippen molar-refractivity contribution in [3.63, 3.8) is 0 Å². The summed E-state index contributed by atoms with van der Waals surface area (Å²) in [7, 11) is 1.63. The van der Waals surface area contributed by atoms with E-state index in [2.05, 4.69) is 25.9 Å². The fourth-order valence-corrected chi connectivity index (χ4v) is 3.85. The summed E-state index contributed by atoms with van der Waals surface area (Å²) in [4.78, 5) is 7.85. The van der Waals surface area contributed by atoms with Crippen molar-refractivity contribution < 1.29 is 14.2 Å². The highest BCUT2D eigenvalue weighted by Gasteiger charge is 2.23. The van der Waals surface area contributed by atoms with Crippen molar-refractivity contribution in [3.8, 4) is 34.5 Å². The van der Waals surface area contributed by atoms with Gasteiger partial charge in [0.2, 0.25) is 5.88 Å². The Morgan fingerprint density at radius 1 is 1.26 bits per heavy atom. The highest BCUT2D eigenvalue weighted by molar-refractivity contribution is 9.10. The number of para-hydroxylation sites is 1. The Morgan fingerprint density at radius 3 is 2.85 bits per heavy atom. The van der Waals surface area contributed by atoms with Gasteiger partial charge in [-0.05, 0) is 47.1 Å². The molecule has 0 saturated heterocycles. The maximum absolute atomic E-state index is 6.16. The largest absolute Gasteiger partial charge is 0.496 e. The van der Waals surface area contributed by atoms with E-state index in [0.29, 0.717) is 29.4 Å². The summed E-state index contributed by atoms with van der Waals surface area (Å²) in [6, 6.07) is 11.6. The zero-order chi connectivity index (χ0) is 19.0. The molecule has 2 heterocycles. The molecule has 1 aromatic heterocycles. The fourth-order valence-electron chi connectivity index (χ4n) is 3.05. The first-order valence-electron chi connectivity index (χ1n) is 8.50. The molecule has 5 nitrogen and oxygen atoms in total. The van der Waals surface area contributed by atoms with E-state index in [4.69, 9.17) is 26.4 Å². The number of fused-ring (bicyclic) bond motifs is 2. The molecule has 4 rings (SSSR count). The second-order valence-corrected chi connectivity index (χ2v) is 7.24. The number of aromatic nitrogens is 2. The molecule has 1 aliphatic rings. The van der Waals surface area contributed by atoms with Crippen LogP contribution in [0.4, 0.5) is 0 Å². The Balaban J connectivity index is 1.78. The first-order valence-corrected chi connectivity index (χ1v) is 9.70. The molecule has 1 N–H and O–H groups in total. The number of rotatable bonds is 4. The van der Waals surface area contributed by atoms with Gasteiger partial charge in [-0.3, -0.25) is 0 Å². The van der Waals surface area contributed by atoms with Gasteiger partial charge in [-0.25, -0.2) is 4.98 Å². The maximum Gasteiger partial charge on any atom is 0.205 e. The second-order valence-electron chi connectivity index (χ2n) is 6.00. The summed E-state index contributed by atoms with van der Waals surface area (Å²) in [6.07, 6.45) is 0.653. The molecule has 1 aliphatic heterocycles. The van der Waals surface area contributed by atoms with Crippen LogP contribution in [0.5, 0.6) is 23.1 Å². The van der Waals surface area contributed by atoms with Crippen LogP contribution in [0.3, 0.4) is 0 Å². The molecule has 27 heavy (non-hydrogen) atoms. The number of nitrogens with zero attached hydrogens (tertiary/aromatic N) is 1. The SMILES string of the molecule is CCOc1cccc2c1Oc1[nH]c(-c3ccc(OC)c(Br)c3)nc(=S)c1C2. The third-order valence-corrected chi connectivity index (χ3v) is 5.29. The fraction of sp³-hybridized carbons (Fsp3) is 0.200. The van der Waals surface area contributed by atoms with Crippen LogP contribution in [-0.4, -0.2) is 23.7 Å². The summed E-state index contributed by atoms with van der Waals surface area (Å²) in [5.41, 5.74) is 2.79. The predicted molar refractivity (Wildman–Crippen MR) is 110 cm³/mol. The van der Waals surface area contributed by atoms with Gasteiger partial charge in [-0.15, -0.1) is 0 Å². The average Bonchev–Trinajstić information content (AvgIpc) is 2.67. The Morgan fingerprint density at radius 2 is 2.11 bits per heavy atom. The lowest BCUT2D eigenvalue weighted by molar-refractivity contribution is 0.315. The van der Waals surface area contributed by atoms with Crippen molar-refractivity contribution in [2.24, 2.45) is 0 Å². The molecule has 3 aromatic rings. The summed E-state index contributed by atoms with van der Waals surface area (Å²) < 4.78 is 18.5. The number of ether oxygens (including phenoxy) is 3. The number of benzene rings is 2. The second kappa shape index (κ2) is 7.32. The summed E-state index contributed by atoms with van der Waals surface area (Å²) in [6.45, 7) is 2.53. The third-order valence-electron chi connectivity index (χ3n) is 4.33. The number of methoxy groups -OCH3 is 1. The Kier molecular flexibility index (Phi) is 4.88. The first-order chi connectivity index (χ1) is 13.1. The lowest BCUT2D eigenvalue weighted by atomic mass is 10.0. The van der Waals surface area contributed by atoms with E-state index in [9.17, 15) is 0 Å². The molecule has 2 aromatic carbocycles. The topological polar surface area (TPSA) is 56.4 Å². The molecule has 0 radical (unpaired) electrons. The summed E-state index contributed by atoms with van der Waals surface area (Å²) >= 11 is 9.05. The smallest absolute Gasteiger partial charge is 0.205 e. The van der Waals surface area contributed by atoms with E-state index < -0.39 is 0 Å². The number of hydrogen-bond acceptors (Lipinski definition) is 5. The summed E-state index contributed by atoms with van der Waals surface area (Å²) in [5.74, 6) is 3.45. The maximum atomic E-state index is 6.16. The van der Waals surface area contributed by atoms with Gasteiger partial charge >= 0.3 is 0 Å². The molecule has 0 saturated carbocycles. The zero-order valence-corrected chi connectivity index (χ0v) is 17.2. The number of halogens is 1. The molecular formula is C20H17BrN2O3S. The molecular weight excluding hydrogens is 428 g/mol. The Bertz CT molecular complexity index is 1080. The monoisotopic (exact) mass is 444 g/mol. The lowest BCUT2D eigenvalue weighted by Crippen LogP contribution is -2.09. The average molecular weight is 445 g/mol. The van der Waals surface area contributed by atoms with Gasteiger partial charge < -0.3 is 19.2 Å². The molecule has 0 bridgehead atoms. The number of nitrogens with one attached hydrogen (secondary N) is 1. The van der Waals surface area contributed by atoms with E-state index in [1.807, 2.05) is 43.3 Å². The molecule has 0 atom stereocenters. The molecule has 0 unspecified atom stereocenters. The normalized spacial score (nSPS) is 12.0. The quantitative estimate of drug-likeness (QED) is 0.410. The number of H-pyrrole nitrogens is 1. The first kappa shape index (κ1) is 18.0. The number of hydrogen-bond donors (Lipinski definition) is 1. The van der Waals surface area contributed by atoms with E-state index in [1.54, 1.807) is 7.11 Å². The van der Waals surface area contributed by atoms with E-state index >= 15 is 0 Å². The van der Waals surface area contributed by atoms with Crippen LogP contribution in [-0.2, 0) is 6.42 Å². The highest BCUT2D eigenvalue weighted by atomic mass is 79.9. The van der Waals surface area contributed by atoms with Crippen molar-refractivity contribution in [1.82, 2.24) is 9.97 Å². The molecule has 7 heteroatoms. The van der Waals surface area contributed by atoms with Gasteiger partial charge in [0.05, 0.1) is 23.8 Å². The summed E-state index contributed by atoms with van der Waals surface area (Å²) in [5, 5.41) is 0. The Labute approximate surface area is 170 Å². The van der Waals surface area contributed by atoms with Crippen LogP contribution in [0.2, 0.25) is 0 Å². The van der Waals surface area contributed by atoms with E-state index in [-0.39, 0.29) is 0 Å². The van der Waals surface area contributed by atoms with Crippen LogP contribution in [0.15, 0.2) is 40.9 Å². The predicted octanol–water partition coefficient (Wildman–Crippen LogP) is 5.67. The highest BCUT2D eigenvalue weighted by Crippen LogP contribution is 2.42. The van der Waals surface area contributed by atoms with Gasteiger partial charge in [0, 0.05) is 17.5 Å². The lowest BCUT2D eigenvalue weighted by Gasteiger charge is -2.22.